The number of anilines is 1. The van der Waals surface area contributed by atoms with E-state index in [0.717, 1.165) is 47.0 Å². The van der Waals surface area contributed by atoms with E-state index < -0.39 is 0 Å². The molecule has 1 aromatic carbocycles. The maximum Gasteiger partial charge on any atom is 0.262 e. The number of rotatable bonds is 6. The van der Waals surface area contributed by atoms with Crippen LogP contribution < -0.4 is 10.9 Å². The number of carbonyl (C=O) groups excluding carboxylic acids is 1. The molecule has 0 bridgehead atoms. The van der Waals surface area contributed by atoms with Crippen molar-refractivity contribution in [3.05, 3.63) is 73.6 Å². The number of nitrogens with one attached hydrogen (secondary N) is 1. The molecule has 0 aliphatic carbocycles. The summed E-state index contributed by atoms with van der Waals surface area (Å²) in [7, 11) is 0. The third kappa shape index (κ3) is 4.62. The lowest BCUT2D eigenvalue weighted by Gasteiger charge is -2.25. The SMILES string of the molecule is Cc1sc2ncn(CCC(=O)Nc3nc4c(s3)CN(Cc3ccccc3)CC4)c(=O)c2c1C. The van der Waals surface area contributed by atoms with Crippen molar-refractivity contribution in [3.8, 4) is 0 Å². The van der Waals surface area contributed by atoms with Gasteiger partial charge in [-0.05, 0) is 25.0 Å². The zero-order chi connectivity index (χ0) is 22.9. The molecule has 33 heavy (non-hydrogen) atoms. The van der Waals surface area contributed by atoms with E-state index in [1.165, 1.54) is 32.7 Å². The number of carbonyl (C=O) groups is 1. The number of thiophene rings is 1. The molecular formula is C24H25N5O2S2. The van der Waals surface area contributed by atoms with E-state index in [1.54, 1.807) is 11.3 Å². The van der Waals surface area contributed by atoms with Crippen LogP contribution in [0.4, 0.5) is 5.13 Å². The number of nitrogens with zero attached hydrogens (tertiary/aromatic N) is 4. The fourth-order valence-electron chi connectivity index (χ4n) is 4.11. The van der Waals surface area contributed by atoms with Gasteiger partial charge in [-0.1, -0.05) is 30.3 Å². The molecule has 0 radical (unpaired) electrons. The predicted molar refractivity (Wildman–Crippen MR) is 133 cm³/mol. The number of thiazole rings is 1. The van der Waals surface area contributed by atoms with Crippen LogP contribution in [0.1, 0.15) is 33.0 Å². The summed E-state index contributed by atoms with van der Waals surface area (Å²) in [5, 5.41) is 4.22. The number of benzene rings is 1. The Morgan fingerprint density at radius 3 is 2.82 bits per heavy atom. The summed E-state index contributed by atoms with van der Waals surface area (Å²) in [6.45, 7) is 6.94. The average molecular weight is 480 g/mol. The summed E-state index contributed by atoms with van der Waals surface area (Å²) < 4.78 is 1.52. The summed E-state index contributed by atoms with van der Waals surface area (Å²) in [5.41, 5.74) is 3.27. The highest BCUT2D eigenvalue weighted by molar-refractivity contribution is 7.18. The van der Waals surface area contributed by atoms with Gasteiger partial charge < -0.3 is 5.32 Å². The minimum atomic E-state index is -0.146. The highest BCUT2D eigenvalue weighted by atomic mass is 32.1. The number of aromatic nitrogens is 3. The molecule has 7 nitrogen and oxygen atoms in total. The average Bonchev–Trinajstić information content (AvgIpc) is 3.33. The van der Waals surface area contributed by atoms with E-state index in [2.05, 4.69) is 44.5 Å². The van der Waals surface area contributed by atoms with E-state index in [1.807, 2.05) is 19.9 Å². The van der Waals surface area contributed by atoms with Crippen LogP contribution in [-0.4, -0.2) is 31.9 Å². The van der Waals surface area contributed by atoms with Crippen molar-refractivity contribution in [2.75, 3.05) is 11.9 Å². The normalized spacial score (nSPS) is 13.9. The van der Waals surface area contributed by atoms with Gasteiger partial charge in [0.25, 0.3) is 5.56 Å². The molecule has 1 aliphatic heterocycles. The molecule has 0 saturated heterocycles. The Morgan fingerprint density at radius 1 is 1.18 bits per heavy atom. The predicted octanol–water partition coefficient (Wildman–Crippen LogP) is 4.12. The summed E-state index contributed by atoms with van der Waals surface area (Å²) in [4.78, 5) is 39.9. The molecule has 0 fully saturated rings. The first-order chi connectivity index (χ1) is 16.0. The van der Waals surface area contributed by atoms with Crippen LogP contribution in [0.5, 0.6) is 0 Å². The molecule has 0 spiro atoms. The van der Waals surface area contributed by atoms with Gasteiger partial charge >= 0.3 is 0 Å². The molecule has 170 valence electrons. The number of fused-ring (bicyclic) bond motifs is 2. The van der Waals surface area contributed by atoms with Gasteiger partial charge in [-0.3, -0.25) is 19.1 Å². The van der Waals surface area contributed by atoms with Gasteiger partial charge in [-0.15, -0.1) is 22.7 Å². The van der Waals surface area contributed by atoms with Gasteiger partial charge in [0.2, 0.25) is 5.91 Å². The van der Waals surface area contributed by atoms with Crippen molar-refractivity contribution in [2.24, 2.45) is 0 Å². The monoisotopic (exact) mass is 479 g/mol. The standard InChI is InChI=1S/C24H25N5O2S2/c1-15-16(2)32-22-21(15)23(31)29(14-25-22)11-9-20(30)27-24-26-18-8-10-28(13-19(18)33-24)12-17-6-4-3-5-7-17/h3-7,14H,8-13H2,1-2H3,(H,26,27,30). The number of amides is 1. The van der Waals surface area contributed by atoms with Crippen LogP contribution in [0, 0.1) is 13.8 Å². The van der Waals surface area contributed by atoms with E-state index in [-0.39, 0.29) is 24.4 Å². The molecule has 4 heterocycles. The van der Waals surface area contributed by atoms with Crippen molar-refractivity contribution in [1.29, 1.82) is 0 Å². The molecule has 5 rings (SSSR count). The molecule has 1 amide bonds. The Balaban J connectivity index is 1.20. The fourth-order valence-corrected chi connectivity index (χ4v) is 6.17. The first-order valence-electron chi connectivity index (χ1n) is 11.0. The summed E-state index contributed by atoms with van der Waals surface area (Å²) in [6.07, 6.45) is 2.62. The zero-order valence-corrected chi connectivity index (χ0v) is 20.3. The third-order valence-corrected chi connectivity index (χ3v) is 8.15. The van der Waals surface area contributed by atoms with Gasteiger partial charge in [0, 0.05) is 48.8 Å². The van der Waals surface area contributed by atoms with Gasteiger partial charge in [0.05, 0.1) is 17.4 Å². The van der Waals surface area contributed by atoms with E-state index in [9.17, 15) is 9.59 Å². The minimum Gasteiger partial charge on any atom is -0.302 e. The van der Waals surface area contributed by atoms with Crippen LogP contribution in [-0.2, 0) is 30.8 Å². The second-order valence-electron chi connectivity index (χ2n) is 8.34. The fraction of sp³-hybridized carbons (Fsp3) is 0.333. The first-order valence-corrected chi connectivity index (χ1v) is 12.6. The molecule has 3 aromatic heterocycles. The molecule has 1 aliphatic rings. The van der Waals surface area contributed by atoms with E-state index >= 15 is 0 Å². The molecule has 0 saturated carbocycles. The lowest BCUT2D eigenvalue weighted by Crippen LogP contribution is -2.29. The lowest BCUT2D eigenvalue weighted by molar-refractivity contribution is -0.116. The second kappa shape index (κ2) is 9.17. The smallest absolute Gasteiger partial charge is 0.262 e. The maximum absolute atomic E-state index is 12.8. The van der Waals surface area contributed by atoms with Gasteiger partial charge in [0.15, 0.2) is 5.13 Å². The van der Waals surface area contributed by atoms with Crippen molar-refractivity contribution in [2.45, 2.75) is 46.3 Å². The van der Waals surface area contributed by atoms with Crippen molar-refractivity contribution in [1.82, 2.24) is 19.4 Å². The molecule has 4 aromatic rings. The lowest BCUT2D eigenvalue weighted by atomic mass is 10.1. The highest BCUT2D eigenvalue weighted by Gasteiger charge is 2.21. The Kier molecular flexibility index (Phi) is 6.09. The Morgan fingerprint density at radius 2 is 2.00 bits per heavy atom. The zero-order valence-electron chi connectivity index (χ0n) is 18.6. The van der Waals surface area contributed by atoms with Gasteiger partial charge in [0.1, 0.15) is 4.83 Å². The maximum atomic E-state index is 12.8. The highest BCUT2D eigenvalue weighted by Crippen LogP contribution is 2.29. The van der Waals surface area contributed by atoms with Crippen LogP contribution in [0.25, 0.3) is 10.2 Å². The Labute approximate surface area is 199 Å². The molecule has 1 N–H and O–H groups in total. The van der Waals surface area contributed by atoms with Gasteiger partial charge in [-0.25, -0.2) is 9.97 Å². The summed E-state index contributed by atoms with van der Waals surface area (Å²) in [6, 6.07) is 10.5. The number of hydrogen-bond donors (Lipinski definition) is 1. The quantitative estimate of drug-likeness (QED) is 0.450. The summed E-state index contributed by atoms with van der Waals surface area (Å²) in [5.74, 6) is -0.146. The molecule has 9 heteroatoms. The second-order valence-corrected chi connectivity index (χ2v) is 10.6. The van der Waals surface area contributed by atoms with E-state index in [4.69, 9.17) is 0 Å². The van der Waals surface area contributed by atoms with Crippen LogP contribution >= 0.6 is 22.7 Å². The first kappa shape index (κ1) is 21.9. The van der Waals surface area contributed by atoms with Crippen molar-refractivity contribution in [3.63, 3.8) is 0 Å². The van der Waals surface area contributed by atoms with Crippen LogP contribution in [0.3, 0.4) is 0 Å². The Bertz CT molecular complexity index is 1370. The largest absolute Gasteiger partial charge is 0.302 e. The third-order valence-electron chi connectivity index (χ3n) is 6.04. The van der Waals surface area contributed by atoms with E-state index in [0.29, 0.717) is 10.5 Å². The number of aryl methyl sites for hydroxylation is 3. The molecular weight excluding hydrogens is 454 g/mol. The summed E-state index contributed by atoms with van der Waals surface area (Å²) >= 11 is 3.07. The van der Waals surface area contributed by atoms with Crippen molar-refractivity contribution < 1.29 is 4.79 Å². The van der Waals surface area contributed by atoms with Crippen LogP contribution in [0.2, 0.25) is 0 Å². The topological polar surface area (TPSA) is 80.1 Å². The van der Waals surface area contributed by atoms with Gasteiger partial charge in [-0.2, -0.15) is 0 Å². The molecule has 0 atom stereocenters. The number of hydrogen-bond acceptors (Lipinski definition) is 7. The van der Waals surface area contributed by atoms with Crippen molar-refractivity contribution >= 4 is 43.9 Å². The minimum absolute atomic E-state index is 0.0853. The Hall–Kier alpha value is -2.88. The molecule has 0 unspecified atom stereocenters. The van der Waals surface area contributed by atoms with Crippen LogP contribution in [0.15, 0.2) is 41.5 Å².